The molecular formula is C16H18FN5O. The Kier molecular flexibility index (Phi) is 3.57. The summed E-state index contributed by atoms with van der Waals surface area (Å²) in [5.74, 6) is -0.0687. The van der Waals surface area contributed by atoms with Gasteiger partial charge in [-0.25, -0.2) is 14.1 Å². The van der Waals surface area contributed by atoms with Crippen LogP contribution in [0.25, 0.3) is 5.69 Å². The number of fused-ring (bicyclic) bond motifs is 1. The standard InChI is InChI=1S/C16H18FN5O/c17-13-8-12(3-4-14(13)22-11-18-10-19-22)9-20-7-5-16(23)21-6-1-2-15(20)21/h3-4,8,10-11,15H,1-2,5-7,9H2. The molecule has 0 bridgehead atoms. The van der Waals surface area contributed by atoms with Crippen LogP contribution in [-0.4, -0.2) is 49.7 Å². The van der Waals surface area contributed by atoms with E-state index in [1.807, 2.05) is 11.0 Å². The average molecular weight is 315 g/mol. The summed E-state index contributed by atoms with van der Waals surface area (Å²) in [7, 11) is 0. The second-order valence-corrected chi connectivity index (χ2v) is 6.06. The van der Waals surface area contributed by atoms with Crippen molar-refractivity contribution in [2.45, 2.75) is 32.0 Å². The van der Waals surface area contributed by atoms with Crippen molar-refractivity contribution in [3.8, 4) is 5.69 Å². The third-order valence-corrected chi connectivity index (χ3v) is 4.64. The number of carbonyl (C=O) groups is 1. The molecular weight excluding hydrogens is 297 g/mol. The number of benzene rings is 1. The number of carbonyl (C=O) groups excluding carboxylic acids is 1. The third-order valence-electron chi connectivity index (χ3n) is 4.64. The van der Waals surface area contributed by atoms with Crippen LogP contribution in [0.2, 0.25) is 0 Å². The smallest absolute Gasteiger partial charge is 0.225 e. The van der Waals surface area contributed by atoms with E-state index in [1.165, 1.54) is 17.3 Å². The first-order valence-corrected chi connectivity index (χ1v) is 7.89. The van der Waals surface area contributed by atoms with Gasteiger partial charge >= 0.3 is 0 Å². The van der Waals surface area contributed by atoms with Gasteiger partial charge in [-0.15, -0.1) is 0 Å². The molecule has 2 aromatic rings. The molecule has 23 heavy (non-hydrogen) atoms. The molecule has 2 aliphatic rings. The molecule has 2 fully saturated rings. The maximum atomic E-state index is 14.3. The van der Waals surface area contributed by atoms with E-state index in [1.54, 1.807) is 12.1 Å². The lowest BCUT2D eigenvalue weighted by molar-refractivity contribution is -0.141. The van der Waals surface area contributed by atoms with Crippen LogP contribution in [0.4, 0.5) is 4.39 Å². The van der Waals surface area contributed by atoms with Gasteiger partial charge < -0.3 is 4.90 Å². The lowest BCUT2D eigenvalue weighted by Gasteiger charge is -2.39. The highest BCUT2D eigenvalue weighted by Gasteiger charge is 2.36. The zero-order valence-corrected chi connectivity index (χ0v) is 12.7. The first kappa shape index (κ1) is 14.3. The zero-order valence-electron chi connectivity index (χ0n) is 12.7. The number of rotatable bonds is 3. The Morgan fingerprint density at radius 1 is 1.30 bits per heavy atom. The van der Waals surface area contributed by atoms with Crippen LogP contribution in [0, 0.1) is 5.82 Å². The lowest BCUT2D eigenvalue weighted by Crippen LogP contribution is -2.52. The average Bonchev–Trinajstić information content (AvgIpc) is 3.21. The molecule has 1 aromatic carbocycles. The molecule has 1 aromatic heterocycles. The summed E-state index contributed by atoms with van der Waals surface area (Å²) >= 11 is 0. The van der Waals surface area contributed by atoms with Gasteiger partial charge in [0.25, 0.3) is 0 Å². The highest BCUT2D eigenvalue weighted by atomic mass is 19.1. The van der Waals surface area contributed by atoms with E-state index >= 15 is 0 Å². The number of amides is 1. The maximum Gasteiger partial charge on any atom is 0.225 e. The van der Waals surface area contributed by atoms with Crippen molar-refractivity contribution in [2.75, 3.05) is 13.1 Å². The van der Waals surface area contributed by atoms with Crippen molar-refractivity contribution in [1.82, 2.24) is 24.6 Å². The summed E-state index contributed by atoms with van der Waals surface area (Å²) < 4.78 is 15.7. The van der Waals surface area contributed by atoms with E-state index in [2.05, 4.69) is 15.0 Å². The Bertz CT molecular complexity index is 717. The van der Waals surface area contributed by atoms with Gasteiger partial charge in [0, 0.05) is 26.1 Å². The van der Waals surface area contributed by atoms with Gasteiger partial charge in [0.15, 0.2) is 0 Å². The summed E-state index contributed by atoms with van der Waals surface area (Å²) in [4.78, 5) is 20.0. The molecule has 2 saturated heterocycles. The van der Waals surface area contributed by atoms with E-state index in [4.69, 9.17) is 0 Å². The summed E-state index contributed by atoms with van der Waals surface area (Å²) in [6.45, 7) is 2.25. The molecule has 120 valence electrons. The van der Waals surface area contributed by atoms with Crippen LogP contribution in [0.5, 0.6) is 0 Å². The van der Waals surface area contributed by atoms with Crippen molar-refractivity contribution >= 4 is 5.91 Å². The minimum atomic E-state index is -0.315. The van der Waals surface area contributed by atoms with Crippen LogP contribution < -0.4 is 0 Å². The van der Waals surface area contributed by atoms with Crippen LogP contribution >= 0.6 is 0 Å². The van der Waals surface area contributed by atoms with E-state index in [9.17, 15) is 9.18 Å². The van der Waals surface area contributed by atoms with Crippen LogP contribution in [-0.2, 0) is 11.3 Å². The fraction of sp³-hybridized carbons (Fsp3) is 0.438. The van der Waals surface area contributed by atoms with E-state index in [-0.39, 0.29) is 17.9 Å². The van der Waals surface area contributed by atoms with Crippen LogP contribution in [0.15, 0.2) is 30.9 Å². The SMILES string of the molecule is O=C1CCN(Cc2ccc(-n3cncn3)c(F)c2)C2CCCN12. The van der Waals surface area contributed by atoms with E-state index in [0.29, 0.717) is 18.7 Å². The highest BCUT2D eigenvalue weighted by molar-refractivity contribution is 5.77. The predicted octanol–water partition coefficient (Wildman–Crippen LogP) is 1.56. The quantitative estimate of drug-likeness (QED) is 0.862. The molecule has 0 aliphatic carbocycles. The van der Waals surface area contributed by atoms with Crippen LogP contribution in [0.1, 0.15) is 24.8 Å². The second-order valence-electron chi connectivity index (χ2n) is 6.06. The van der Waals surface area contributed by atoms with Crippen molar-refractivity contribution in [1.29, 1.82) is 0 Å². The zero-order chi connectivity index (χ0) is 15.8. The maximum absolute atomic E-state index is 14.3. The largest absolute Gasteiger partial charge is 0.327 e. The van der Waals surface area contributed by atoms with Crippen molar-refractivity contribution in [2.24, 2.45) is 0 Å². The molecule has 0 spiro atoms. The molecule has 2 aliphatic heterocycles. The molecule has 7 heteroatoms. The monoisotopic (exact) mass is 315 g/mol. The van der Waals surface area contributed by atoms with Gasteiger partial charge in [-0.1, -0.05) is 6.07 Å². The number of hydrogen-bond donors (Lipinski definition) is 0. The van der Waals surface area contributed by atoms with Crippen molar-refractivity contribution in [3.05, 3.63) is 42.2 Å². The van der Waals surface area contributed by atoms with E-state index < -0.39 is 0 Å². The Labute approximate surface area is 133 Å². The lowest BCUT2D eigenvalue weighted by atomic mass is 10.1. The molecule has 6 nitrogen and oxygen atoms in total. The normalized spacial score (nSPS) is 21.7. The van der Waals surface area contributed by atoms with Gasteiger partial charge in [-0.3, -0.25) is 9.69 Å². The molecule has 0 saturated carbocycles. The third kappa shape index (κ3) is 2.61. The van der Waals surface area contributed by atoms with Crippen molar-refractivity contribution in [3.63, 3.8) is 0 Å². The summed E-state index contributed by atoms with van der Waals surface area (Å²) in [6, 6.07) is 5.18. The molecule has 4 rings (SSSR count). The number of halogens is 1. The van der Waals surface area contributed by atoms with Crippen LogP contribution in [0.3, 0.4) is 0 Å². The fourth-order valence-corrected chi connectivity index (χ4v) is 3.54. The van der Waals surface area contributed by atoms with E-state index in [0.717, 1.165) is 31.5 Å². The first-order chi connectivity index (χ1) is 11.2. The highest BCUT2D eigenvalue weighted by Crippen LogP contribution is 2.27. The Morgan fingerprint density at radius 3 is 3.00 bits per heavy atom. The summed E-state index contributed by atoms with van der Waals surface area (Å²) in [6.07, 6.45) is 5.64. The topological polar surface area (TPSA) is 54.3 Å². The van der Waals surface area contributed by atoms with Gasteiger partial charge in [0.2, 0.25) is 5.91 Å². The minimum Gasteiger partial charge on any atom is -0.327 e. The molecule has 1 atom stereocenters. The summed E-state index contributed by atoms with van der Waals surface area (Å²) in [5.41, 5.74) is 1.30. The van der Waals surface area contributed by atoms with Gasteiger partial charge in [-0.05, 0) is 30.5 Å². The van der Waals surface area contributed by atoms with Gasteiger partial charge in [-0.2, -0.15) is 5.10 Å². The molecule has 1 unspecified atom stereocenters. The first-order valence-electron chi connectivity index (χ1n) is 7.89. The molecule has 0 N–H and O–H groups in total. The predicted molar refractivity (Wildman–Crippen MR) is 81.1 cm³/mol. The number of aromatic nitrogens is 3. The summed E-state index contributed by atoms with van der Waals surface area (Å²) in [5, 5.41) is 3.96. The molecule has 3 heterocycles. The Balaban J connectivity index is 1.53. The molecule has 0 radical (unpaired) electrons. The Morgan fingerprint density at radius 2 is 2.22 bits per heavy atom. The van der Waals surface area contributed by atoms with Gasteiger partial charge in [0.1, 0.15) is 24.2 Å². The Hall–Kier alpha value is -2.28. The number of nitrogens with zero attached hydrogens (tertiary/aromatic N) is 5. The second kappa shape index (κ2) is 5.73. The molecule has 1 amide bonds. The fourth-order valence-electron chi connectivity index (χ4n) is 3.54. The van der Waals surface area contributed by atoms with Gasteiger partial charge in [0.05, 0.1) is 6.17 Å². The minimum absolute atomic E-state index is 0.175. The number of hydrogen-bond acceptors (Lipinski definition) is 4. The van der Waals surface area contributed by atoms with Crippen molar-refractivity contribution < 1.29 is 9.18 Å².